The van der Waals surface area contributed by atoms with Crippen LogP contribution < -0.4 is 11.1 Å². The Balaban J connectivity index is 2.16. The number of ether oxygens (including phenoxy) is 1. The van der Waals surface area contributed by atoms with Gasteiger partial charge in [-0.15, -0.1) is 0 Å². The van der Waals surface area contributed by atoms with E-state index in [4.69, 9.17) is 10.5 Å². The zero-order valence-corrected chi connectivity index (χ0v) is 21.3. The minimum Gasteiger partial charge on any atom is -0.432 e. The normalized spacial score (nSPS) is 13.8. The Morgan fingerprint density at radius 2 is 1.56 bits per heavy atom. The van der Waals surface area contributed by atoms with Crippen LogP contribution in [0.4, 0.5) is 10.5 Å². The van der Waals surface area contributed by atoms with Gasteiger partial charge in [-0.05, 0) is 34.6 Å². The third-order valence-electron chi connectivity index (χ3n) is 6.58. The lowest BCUT2D eigenvalue weighted by molar-refractivity contribution is -0.146. The minimum absolute atomic E-state index is 0.177. The van der Waals surface area contributed by atoms with Crippen molar-refractivity contribution in [3.63, 3.8) is 0 Å². The van der Waals surface area contributed by atoms with Gasteiger partial charge >= 0.3 is 6.09 Å². The number of aromatic amines is 1. The molecule has 2 aromatic carbocycles. The van der Waals surface area contributed by atoms with Crippen molar-refractivity contribution in [2.45, 2.75) is 72.3 Å². The number of fused-ring (bicyclic) bond motifs is 1. The lowest BCUT2D eigenvalue weighted by atomic mass is 9.71. The number of benzene rings is 2. The topological polar surface area (TPSA) is 97.2 Å². The van der Waals surface area contributed by atoms with Gasteiger partial charge in [-0.1, -0.05) is 84.9 Å². The summed E-state index contributed by atoms with van der Waals surface area (Å²) in [5.74, 6) is 0.00602. The summed E-state index contributed by atoms with van der Waals surface area (Å²) in [4.78, 5) is 29.6. The molecular formula is C28H37N3O3. The van der Waals surface area contributed by atoms with Gasteiger partial charge in [0.05, 0.1) is 0 Å². The number of hydrogen-bond acceptors (Lipinski definition) is 3. The van der Waals surface area contributed by atoms with Crippen LogP contribution in [0.15, 0.2) is 48.7 Å². The first-order valence-electron chi connectivity index (χ1n) is 11.8. The highest BCUT2D eigenvalue weighted by atomic mass is 16.6. The zero-order valence-electron chi connectivity index (χ0n) is 21.3. The van der Waals surface area contributed by atoms with Crippen LogP contribution in [0.3, 0.4) is 0 Å². The van der Waals surface area contributed by atoms with Gasteiger partial charge in [0.2, 0.25) is 5.60 Å². The molecule has 1 heterocycles. The van der Waals surface area contributed by atoms with E-state index in [1.165, 1.54) is 0 Å². The van der Waals surface area contributed by atoms with Crippen molar-refractivity contribution in [1.29, 1.82) is 0 Å². The van der Waals surface area contributed by atoms with Crippen molar-refractivity contribution in [1.82, 2.24) is 4.98 Å². The lowest BCUT2D eigenvalue weighted by Crippen LogP contribution is -2.58. The average molecular weight is 464 g/mol. The molecule has 182 valence electrons. The Hall–Kier alpha value is -3.28. The summed E-state index contributed by atoms with van der Waals surface area (Å²) in [7, 11) is 0. The first-order valence-corrected chi connectivity index (χ1v) is 11.8. The summed E-state index contributed by atoms with van der Waals surface area (Å²) in [5, 5.41) is 4.15. The fourth-order valence-corrected chi connectivity index (χ4v) is 4.55. The number of nitrogens with two attached hydrogens (primary N) is 1. The fraction of sp³-hybridized carbons (Fsp3) is 0.429. The summed E-state index contributed by atoms with van der Waals surface area (Å²) < 4.78 is 5.77. The number of aromatic nitrogens is 1. The zero-order chi connectivity index (χ0) is 25.3. The number of carbonyl (C=O) groups is 2. The van der Waals surface area contributed by atoms with Gasteiger partial charge in [0.1, 0.15) is 0 Å². The maximum Gasteiger partial charge on any atom is 0.405 e. The highest BCUT2D eigenvalue weighted by molar-refractivity contribution is 6.01. The summed E-state index contributed by atoms with van der Waals surface area (Å²) in [6.45, 7) is 14.1. The molecule has 0 saturated heterocycles. The van der Waals surface area contributed by atoms with Gasteiger partial charge in [0.25, 0.3) is 5.91 Å². The van der Waals surface area contributed by atoms with Gasteiger partial charge in [0.15, 0.2) is 0 Å². The second-order valence-corrected chi connectivity index (χ2v) is 10.6. The Morgan fingerprint density at radius 1 is 0.971 bits per heavy atom. The third kappa shape index (κ3) is 4.81. The van der Waals surface area contributed by atoms with Crippen LogP contribution in [0.1, 0.15) is 77.0 Å². The Kier molecular flexibility index (Phi) is 7.10. The van der Waals surface area contributed by atoms with E-state index in [1.54, 1.807) is 0 Å². The molecule has 1 atom stereocenters. The van der Waals surface area contributed by atoms with Crippen molar-refractivity contribution in [2.75, 3.05) is 5.32 Å². The maximum absolute atomic E-state index is 14.2. The Morgan fingerprint density at radius 3 is 2.09 bits per heavy atom. The number of primary amides is 1. The number of nitrogens with one attached hydrogen (secondary N) is 2. The summed E-state index contributed by atoms with van der Waals surface area (Å²) >= 11 is 0. The number of anilines is 1. The van der Waals surface area contributed by atoms with Crippen LogP contribution in [-0.2, 0) is 16.0 Å². The molecule has 3 aromatic rings. The van der Waals surface area contributed by atoms with Crippen molar-refractivity contribution in [3.8, 4) is 0 Å². The van der Waals surface area contributed by atoms with Gasteiger partial charge < -0.3 is 20.8 Å². The van der Waals surface area contributed by atoms with E-state index in [1.807, 2.05) is 69.4 Å². The van der Waals surface area contributed by atoms with E-state index in [2.05, 4.69) is 38.0 Å². The van der Waals surface area contributed by atoms with Gasteiger partial charge in [-0.2, -0.15) is 0 Å². The van der Waals surface area contributed by atoms with Gasteiger partial charge in [0, 0.05) is 34.6 Å². The molecule has 1 aromatic heterocycles. The minimum atomic E-state index is -1.54. The van der Waals surface area contributed by atoms with Crippen molar-refractivity contribution >= 4 is 28.6 Å². The van der Waals surface area contributed by atoms with Crippen molar-refractivity contribution < 1.29 is 14.3 Å². The average Bonchev–Trinajstić information content (AvgIpc) is 3.14. The highest BCUT2D eigenvalue weighted by Gasteiger charge is 2.52. The predicted molar refractivity (Wildman–Crippen MR) is 138 cm³/mol. The molecule has 0 bridgehead atoms. The molecule has 0 unspecified atom stereocenters. The third-order valence-corrected chi connectivity index (χ3v) is 6.58. The van der Waals surface area contributed by atoms with E-state index in [9.17, 15) is 9.59 Å². The molecular weight excluding hydrogens is 426 g/mol. The molecule has 2 amide bonds. The fourth-order valence-electron chi connectivity index (χ4n) is 4.55. The first-order chi connectivity index (χ1) is 15.9. The van der Waals surface area contributed by atoms with Crippen molar-refractivity contribution in [3.05, 3.63) is 65.4 Å². The van der Waals surface area contributed by atoms with E-state index >= 15 is 0 Å². The van der Waals surface area contributed by atoms with Crippen LogP contribution in [0.25, 0.3) is 10.9 Å². The number of carbonyl (C=O) groups excluding carboxylic acids is 2. The highest BCUT2D eigenvalue weighted by Crippen LogP contribution is 2.41. The van der Waals surface area contributed by atoms with Crippen molar-refractivity contribution in [2.24, 2.45) is 11.1 Å². The SMILES string of the molecule is CC(C)c1cccc(C(C)C)c1NC(=O)[C@@](Cc1c[nH]c2ccccc12)(OC(N)=O)C(C)(C)C. The molecule has 4 N–H and O–H groups in total. The number of para-hydroxylation sites is 2. The summed E-state index contributed by atoms with van der Waals surface area (Å²) in [5.41, 5.74) is 7.94. The van der Waals surface area contributed by atoms with E-state index < -0.39 is 17.1 Å². The van der Waals surface area contributed by atoms with Crippen LogP contribution in [0.5, 0.6) is 0 Å². The molecule has 0 saturated carbocycles. The molecule has 0 aliphatic carbocycles. The Bertz CT molecular complexity index is 1160. The summed E-state index contributed by atoms with van der Waals surface area (Å²) in [6.07, 6.45) is 1.06. The van der Waals surface area contributed by atoms with Crippen LogP contribution in [0, 0.1) is 5.41 Å². The van der Waals surface area contributed by atoms with Crippen LogP contribution in [0.2, 0.25) is 0 Å². The molecule has 0 fully saturated rings. The molecule has 0 aliphatic heterocycles. The second kappa shape index (κ2) is 9.53. The van der Waals surface area contributed by atoms with E-state index in [0.717, 1.165) is 33.3 Å². The molecule has 34 heavy (non-hydrogen) atoms. The van der Waals surface area contributed by atoms with Crippen LogP contribution in [-0.4, -0.2) is 22.6 Å². The molecule has 3 rings (SSSR count). The molecule has 0 spiro atoms. The Labute approximate surface area is 202 Å². The monoisotopic (exact) mass is 463 g/mol. The second-order valence-electron chi connectivity index (χ2n) is 10.6. The molecule has 6 heteroatoms. The predicted octanol–water partition coefficient (Wildman–Crippen LogP) is 6.48. The maximum atomic E-state index is 14.2. The summed E-state index contributed by atoms with van der Waals surface area (Å²) in [6, 6.07) is 13.9. The van der Waals surface area contributed by atoms with Crippen LogP contribution >= 0.6 is 0 Å². The quantitative estimate of drug-likeness (QED) is 0.374. The molecule has 6 nitrogen and oxygen atoms in total. The van der Waals surface area contributed by atoms with Gasteiger partial charge in [-0.3, -0.25) is 4.79 Å². The standard InChI is InChI=1S/C28H37N3O3/c1-17(2)20-12-10-13-21(18(3)4)24(20)31-25(32)28(27(5,6)7,34-26(29)33)15-19-16-30-23-14-9-8-11-22(19)23/h8-14,16-18,30H,15H2,1-7H3,(H2,29,33)(H,31,32)/t28-/m1/s1. The first kappa shape index (κ1) is 25.3. The number of rotatable bonds is 7. The van der Waals surface area contributed by atoms with Gasteiger partial charge in [-0.25, -0.2) is 4.79 Å². The largest absolute Gasteiger partial charge is 0.432 e. The number of hydrogen-bond donors (Lipinski definition) is 3. The van der Waals surface area contributed by atoms with E-state index in [-0.39, 0.29) is 24.2 Å². The lowest BCUT2D eigenvalue weighted by Gasteiger charge is -2.42. The smallest absolute Gasteiger partial charge is 0.405 e. The van der Waals surface area contributed by atoms with E-state index in [0.29, 0.717) is 0 Å². The molecule has 0 aliphatic rings. The number of amides is 2. The molecule has 0 radical (unpaired) electrons. The number of H-pyrrole nitrogens is 1.